The van der Waals surface area contributed by atoms with Crippen molar-refractivity contribution in [1.82, 2.24) is 5.32 Å². The van der Waals surface area contributed by atoms with Crippen molar-refractivity contribution >= 4 is 0 Å². The molecule has 0 spiro atoms. The minimum Gasteiger partial charge on any atom is -0.317 e. The summed E-state index contributed by atoms with van der Waals surface area (Å²) in [5.74, 6) is 3.19. The monoisotopic (exact) mass is 209 g/mol. The first-order valence-electron chi connectivity index (χ1n) is 7.11. The third-order valence-electron chi connectivity index (χ3n) is 4.76. The Morgan fingerprint density at radius 1 is 0.867 bits per heavy atom. The largest absolute Gasteiger partial charge is 0.317 e. The van der Waals surface area contributed by atoms with Gasteiger partial charge in [-0.2, -0.15) is 0 Å². The number of rotatable bonds is 2. The van der Waals surface area contributed by atoms with Crippen LogP contribution in [0.3, 0.4) is 0 Å². The maximum absolute atomic E-state index is 3.54. The van der Waals surface area contributed by atoms with E-state index in [1.54, 1.807) is 0 Å². The van der Waals surface area contributed by atoms with Crippen LogP contribution in [0.1, 0.15) is 58.3 Å². The molecule has 0 aromatic carbocycles. The quantitative estimate of drug-likeness (QED) is 0.733. The Balaban J connectivity index is 1.78. The van der Waals surface area contributed by atoms with Crippen LogP contribution in [0.5, 0.6) is 0 Å². The van der Waals surface area contributed by atoms with Gasteiger partial charge in [-0.25, -0.2) is 0 Å². The molecule has 2 aliphatic rings. The van der Waals surface area contributed by atoms with E-state index in [0.717, 1.165) is 17.8 Å². The summed E-state index contributed by atoms with van der Waals surface area (Å²) in [5.41, 5.74) is 0. The molecule has 1 saturated heterocycles. The Morgan fingerprint density at radius 2 is 1.60 bits per heavy atom. The molecule has 1 N–H and O–H groups in total. The fourth-order valence-corrected chi connectivity index (χ4v) is 3.59. The molecule has 2 fully saturated rings. The van der Waals surface area contributed by atoms with Gasteiger partial charge in [0.2, 0.25) is 0 Å². The topological polar surface area (TPSA) is 12.0 Å². The van der Waals surface area contributed by atoms with Gasteiger partial charge in [0.05, 0.1) is 0 Å². The molecule has 0 aromatic rings. The van der Waals surface area contributed by atoms with Crippen LogP contribution < -0.4 is 5.32 Å². The molecule has 1 heteroatoms. The maximum Gasteiger partial charge on any atom is -0.00462 e. The normalized spacial score (nSPS) is 38.6. The molecule has 1 aliphatic carbocycles. The van der Waals surface area contributed by atoms with Gasteiger partial charge in [-0.15, -0.1) is 0 Å². The Hall–Kier alpha value is -0.0400. The van der Waals surface area contributed by atoms with Gasteiger partial charge < -0.3 is 5.32 Å². The molecule has 15 heavy (non-hydrogen) atoms. The first kappa shape index (κ1) is 11.4. The highest BCUT2D eigenvalue weighted by Crippen LogP contribution is 2.38. The summed E-state index contributed by atoms with van der Waals surface area (Å²) in [6, 6.07) is 0. The second-order valence-electron chi connectivity index (χ2n) is 5.63. The molecule has 1 heterocycles. The summed E-state index contributed by atoms with van der Waals surface area (Å²) in [5, 5.41) is 3.54. The average Bonchev–Trinajstić information content (AvgIpc) is 2.58. The first-order chi connectivity index (χ1) is 7.40. The van der Waals surface area contributed by atoms with Gasteiger partial charge in [-0.1, -0.05) is 26.2 Å². The van der Waals surface area contributed by atoms with E-state index >= 15 is 0 Å². The molecule has 0 bridgehead atoms. The van der Waals surface area contributed by atoms with Crippen LogP contribution in [-0.2, 0) is 0 Å². The lowest BCUT2D eigenvalue weighted by atomic mass is 9.73. The zero-order valence-electron chi connectivity index (χ0n) is 10.3. The zero-order valence-corrected chi connectivity index (χ0v) is 10.3. The number of nitrogens with one attached hydrogen (secondary N) is 1. The van der Waals surface area contributed by atoms with Crippen molar-refractivity contribution in [3.63, 3.8) is 0 Å². The third-order valence-corrected chi connectivity index (χ3v) is 4.76. The Labute approximate surface area is 95.0 Å². The Bertz CT molecular complexity index is 162. The van der Waals surface area contributed by atoms with E-state index in [-0.39, 0.29) is 0 Å². The molecule has 1 nitrogen and oxygen atoms in total. The van der Waals surface area contributed by atoms with Crippen LogP contribution >= 0.6 is 0 Å². The first-order valence-corrected chi connectivity index (χ1v) is 7.11. The summed E-state index contributed by atoms with van der Waals surface area (Å²) >= 11 is 0. The van der Waals surface area contributed by atoms with E-state index in [1.165, 1.54) is 64.5 Å². The van der Waals surface area contributed by atoms with Crippen molar-refractivity contribution < 1.29 is 0 Å². The summed E-state index contributed by atoms with van der Waals surface area (Å²) in [6.07, 6.45) is 11.9. The standard InChI is InChI=1S/C14H27N/c1-2-12-5-7-14(8-6-12)13-4-3-10-15-11-9-13/h12-15H,2-11H2,1H3. The highest BCUT2D eigenvalue weighted by atomic mass is 14.8. The SMILES string of the molecule is CCC1CCC(C2CCCNCC2)CC1. The van der Waals surface area contributed by atoms with Crippen molar-refractivity contribution in [2.24, 2.45) is 17.8 Å². The lowest BCUT2D eigenvalue weighted by molar-refractivity contribution is 0.189. The molecule has 1 saturated carbocycles. The highest BCUT2D eigenvalue weighted by molar-refractivity contribution is 4.79. The second-order valence-corrected chi connectivity index (χ2v) is 5.63. The fraction of sp³-hybridized carbons (Fsp3) is 1.00. The molecular weight excluding hydrogens is 182 g/mol. The van der Waals surface area contributed by atoms with Gasteiger partial charge >= 0.3 is 0 Å². The fourth-order valence-electron chi connectivity index (χ4n) is 3.59. The Kier molecular flexibility index (Phi) is 4.49. The second kappa shape index (κ2) is 5.89. The van der Waals surface area contributed by atoms with Crippen molar-refractivity contribution in [3.8, 4) is 0 Å². The van der Waals surface area contributed by atoms with Crippen molar-refractivity contribution in [1.29, 1.82) is 0 Å². The lowest BCUT2D eigenvalue weighted by Gasteiger charge is -2.33. The predicted molar refractivity (Wildman–Crippen MR) is 65.9 cm³/mol. The highest BCUT2D eigenvalue weighted by Gasteiger charge is 2.27. The van der Waals surface area contributed by atoms with Crippen LogP contribution in [-0.4, -0.2) is 13.1 Å². The van der Waals surface area contributed by atoms with Gasteiger partial charge in [0, 0.05) is 0 Å². The lowest BCUT2D eigenvalue weighted by Crippen LogP contribution is -2.22. The van der Waals surface area contributed by atoms with E-state index in [1.807, 2.05) is 0 Å². The van der Waals surface area contributed by atoms with Gasteiger partial charge in [0.1, 0.15) is 0 Å². The van der Waals surface area contributed by atoms with Crippen molar-refractivity contribution in [2.75, 3.05) is 13.1 Å². The number of hydrogen-bond donors (Lipinski definition) is 1. The summed E-state index contributed by atoms with van der Waals surface area (Å²) in [7, 11) is 0. The molecule has 88 valence electrons. The smallest absolute Gasteiger partial charge is 0.00462 e. The molecule has 0 aromatic heterocycles. The maximum atomic E-state index is 3.54. The minimum atomic E-state index is 1.05. The van der Waals surface area contributed by atoms with Crippen LogP contribution in [0.25, 0.3) is 0 Å². The van der Waals surface area contributed by atoms with Crippen molar-refractivity contribution in [2.45, 2.75) is 58.3 Å². The zero-order chi connectivity index (χ0) is 10.5. The predicted octanol–water partition coefficient (Wildman–Crippen LogP) is 3.59. The van der Waals surface area contributed by atoms with Crippen LogP contribution in [0, 0.1) is 17.8 Å². The average molecular weight is 209 g/mol. The molecule has 1 atom stereocenters. The molecule has 1 aliphatic heterocycles. The van der Waals surface area contributed by atoms with E-state index < -0.39 is 0 Å². The molecule has 0 radical (unpaired) electrons. The van der Waals surface area contributed by atoms with Gasteiger partial charge in [-0.3, -0.25) is 0 Å². The van der Waals surface area contributed by atoms with Crippen molar-refractivity contribution in [3.05, 3.63) is 0 Å². The van der Waals surface area contributed by atoms with E-state index in [0.29, 0.717) is 0 Å². The summed E-state index contributed by atoms with van der Waals surface area (Å²) in [6.45, 7) is 4.90. The third kappa shape index (κ3) is 3.21. The summed E-state index contributed by atoms with van der Waals surface area (Å²) < 4.78 is 0. The molecule has 2 rings (SSSR count). The molecule has 1 unspecified atom stereocenters. The molecular formula is C14H27N. The van der Waals surface area contributed by atoms with Gasteiger partial charge in [-0.05, 0) is 62.9 Å². The number of hydrogen-bond acceptors (Lipinski definition) is 1. The minimum absolute atomic E-state index is 1.05. The van der Waals surface area contributed by atoms with E-state index in [2.05, 4.69) is 12.2 Å². The van der Waals surface area contributed by atoms with Gasteiger partial charge in [0.25, 0.3) is 0 Å². The van der Waals surface area contributed by atoms with E-state index in [9.17, 15) is 0 Å². The van der Waals surface area contributed by atoms with E-state index in [4.69, 9.17) is 0 Å². The van der Waals surface area contributed by atoms with Crippen LogP contribution in [0.4, 0.5) is 0 Å². The van der Waals surface area contributed by atoms with Crippen LogP contribution in [0.15, 0.2) is 0 Å². The summed E-state index contributed by atoms with van der Waals surface area (Å²) in [4.78, 5) is 0. The molecule has 0 amide bonds. The van der Waals surface area contributed by atoms with Gasteiger partial charge in [0.15, 0.2) is 0 Å². The van der Waals surface area contributed by atoms with Crippen LogP contribution in [0.2, 0.25) is 0 Å². The Morgan fingerprint density at radius 3 is 2.33 bits per heavy atom.